The average molecular weight is 300 g/mol. The Morgan fingerprint density at radius 3 is 2.76 bits per heavy atom. The standard InChI is InChI=1S/C14H19BrFN/c1-9-3-5-12(7-9)17-10(2)11-4-6-14(16)13(15)8-11/h4,6,8-10,12,17H,3,5,7H2,1-2H3. The molecule has 3 unspecified atom stereocenters. The second-order valence-corrected chi connectivity index (χ2v) is 6.03. The van der Waals surface area contributed by atoms with Crippen LogP contribution in [-0.2, 0) is 0 Å². The van der Waals surface area contributed by atoms with E-state index in [1.54, 1.807) is 0 Å². The van der Waals surface area contributed by atoms with E-state index in [1.807, 2.05) is 12.1 Å². The number of nitrogens with one attached hydrogen (secondary N) is 1. The van der Waals surface area contributed by atoms with E-state index < -0.39 is 0 Å². The van der Waals surface area contributed by atoms with Crippen LogP contribution < -0.4 is 5.32 Å². The average Bonchev–Trinajstić information content (AvgIpc) is 2.68. The third-order valence-electron chi connectivity index (χ3n) is 3.62. The van der Waals surface area contributed by atoms with Crippen molar-refractivity contribution >= 4 is 15.9 Å². The first kappa shape index (κ1) is 13.0. The van der Waals surface area contributed by atoms with E-state index in [2.05, 4.69) is 35.1 Å². The molecule has 1 fully saturated rings. The summed E-state index contributed by atoms with van der Waals surface area (Å²) in [7, 11) is 0. The Balaban J connectivity index is 1.99. The van der Waals surface area contributed by atoms with Crippen LogP contribution in [0.4, 0.5) is 4.39 Å². The van der Waals surface area contributed by atoms with Crippen molar-refractivity contribution in [3.8, 4) is 0 Å². The van der Waals surface area contributed by atoms with Gasteiger partial charge >= 0.3 is 0 Å². The maximum absolute atomic E-state index is 13.2. The monoisotopic (exact) mass is 299 g/mol. The van der Waals surface area contributed by atoms with E-state index in [1.165, 1.54) is 25.3 Å². The third kappa shape index (κ3) is 3.29. The van der Waals surface area contributed by atoms with Crippen molar-refractivity contribution in [3.63, 3.8) is 0 Å². The largest absolute Gasteiger partial charge is 0.307 e. The molecule has 2 rings (SSSR count). The Kier molecular flexibility index (Phi) is 4.21. The fourth-order valence-electron chi connectivity index (χ4n) is 2.59. The van der Waals surface area contributed by atoms with Crippen molar-refractivity contribution in [2.75, 3.05) is 0 Å². The van der Waals surface area contributed by atoms with Crippen LogP contribution in [0.2, 0.25) is 0 Å². The SMILES string of the molecule is CC1CCC(NC(C)c2ccc(F)c(Br)c2)C1. The molecule has 1 aliphatic carbocycles. The Bertz CT molecular complexity index is 394. The zero-order valence-corrected chi connectivity index (χ0v) is 11.9. The third-order valence-corrected chi connectivity index (χ3v) is 4.23. The second-order valence-electron chi connectivity index (χ2n) is 5.18. The summed E-state index contributed by atoms with van der Waals surface area (Å²) in [6.45, 7) is 4.45. The Morgan fingerprint density at radius 2 is 2.18 bits per heavy atom. The van der Waals surface area contributed by atoms with Gasteiger partial charge in [-0.1, -0.05) is 13.0 Å². The van der Waals surface area contributed by atoms with Crippen molar-refractivity contribution in [1.29, 1.82) is 0 Å². The lowest BCUT2D eigenvalue weighted by atomic mass is 10.1. The quantitative estimate of drug-likeness (QED) is 0.871. The molecule has 0 spiro atoms. The van der Waals surface area contributed by atoms with Crippen molar-refractivity contribution in [1.82, 2.24) is 5.32 Å². The number of halogens is 2. The molecule has 17 heavy (non-hydrogen) atoms. The van der Waals surface area contributed by atoms with Crippen molar-refractivity contribution < 1.29 is 4.39 Å². The fourth-order valence-corrected chi connectivity index (χ4v) is 2.99. The Morgan fingerprint density at radius 1 is 1.41 bits per heavy atom. The molecule has 1 aromatic rings. The summed E-state index contributed by atoms with van der Waals surface area (Å²) in [5.41, 5.74) is 1.14. The number of hydrogen-bond acceptors (Lipinski definition) is 1. The van der Waals surface area contributed by atoms with Gasteiger partial charge in [0.05, 0.1) is 4.47 Å². The van der Waals surface area contributed by atoms with E-state index in [-0.39, 0.29) is 11.9 Å². The van der Waals surface area contributed by atoms with Gasteiger partial charge in [-0.3, -0.25) is 0 Å². The van der Waals surface area contributed by atoms with Gasteiger partial charge in [-0.2, -0.15) is 0 Å². The smallest absolute Gasteiger partial charge is 0.137 e. The lowest BCUT2D eigenvalue weighted by Gasteiger charge is -2.20. The van der Waals surface area contributed by atoms with Crippen LogP contribution in [0.25, 0.3) is 0 Å². The lowest BCUT2D eigenvalue weighted by Crippen LogP contribution is -2.29. The topological polar surface area (TPSA) is 12.0 Å². The van der Waals surface area contributed by atoms with E-state index in [4.69, 9.17) is 0 Å². The molecular weight excluding hydrogens is 281 g/mol. The van der Waals surface area contributed by atoms with E-state index >= 15 is 0 Å². The molecule has 1 saturated carbocycles. The van der Waals surface area contributed by atoms with Gasteiger partial charge in [0.1, 0.15) is 5.82 Å². The molecule has 0 aromatic heterocycles. The molecular formula is C14H19BrFN. The van der Waals surface area contributed by atoms with Gasteiger partial charge in [0.15, 0.2) is 0 Å². The molecule has 3 heteroatoms. The van der Waals surface area contributed by atoms with Gasteiger partial charge in [0.2, 0.25) is 0 Å². The highest BCUT2D eigenvalue weighted by Gasteiger charge is 2.22. The normalized spacial score (nSPS) is 26.1. The molecule has 1 N–H and O–H groups in total. The van der Waals surface area contributed by atoms with Crippen LogP contribution in [0.3, 0.4) is 0 Å². The minimum atomic E-state index is -0.199. The predicted molar refractivity (Wildman–Crippen MR) is 72.5 cm³/mol. The summed E-state index contributed by atoms with van der Waals surface area (Å²) in [6.07, 6.45) is 3.83. The molecule has 0 saturated heterocycles. The van der Waals surface area contributed by atoms with E-state index in [9.17, 15) is 4.39 Å². The van der Waals surface area contributed by atoms with Crippen LogP contribution in [0.5, 0.6) is 0 Å². The summed E-state index contributed by atoms with van der Waals surface area (Å²) in [6, 6.07) is 6.14. The maximum atomic E-state index is 13.2. The summed E-state index contributed by atoms with van der Waals surface area (Å²) in [5, 5.41) is 3.63. The summed E-state index contributed by atoms with van der Waals surface area (Å²) >= 11 is 3.23. The fraction of sp³-hybridized carbons (Fsp3) is 0.571. The Hall–Kier alpha value is -0.410. The first-order chi connectivity index (χ1) is 8.06. The molecule has 94 valence electrons. The number of benzene rings is 1. The highest BCUT2D eigenvalue weighted by Crippen LogP contribution is 2.28. The molecule has 0 bridgehead atoms. The van der Waals surface area contributed by atoms with E-state index in [0.717, 1.165) is 11.5 Å². The molecule has 0 amide bonds. The lowest BCUT2D eigenvalue weighted by molar-refractivity contribution is 0.448. The van der Waals surface area contributed by atoms with Crippen molar-refractivity contribution in [2.45, 2.75) is 45.2 Å². The van der Waals surface area contributed by atoms with Gasteiger partial charge in [-0.25, -0.2) is 4.39 Å². The van der Waals surface area contributed by atoms with Crippen LogP contribution in [0.1, 0.15) is 44.7 Å². The predicted octanol–water partition coefficient (Wildman–Crippen LogP) is 4.43. The Labute approximate surface area is 111 Å². The molecule has 0 heterocycles. The van der Waals surface area contributed by atoms with Crippen LogP contribution in [-0.4, -0.2) is 6.04 Å². The first-order valence-corrected chi connectivity index (χ1v) is 7.06. The van der Waals surface area contributed by atoms with Gasteiger partial charge in [-0.15, -0.1) is 0 Å². The summed E-state index contributed by atoms with van der Waals surface area (Å²) < 4.78 is 13.7. The van der Waals surface area contributed by atoms with E-state index in [0.29, 0.717) is 10.5 Å². The van der Waals surface area contributed by atoms with Crippen LogP contribution in [0, 0.1) is 11.7 Å². The summed E-state index contributed by atoms with van der Waals surface area (Å²) in [5.74, 6) is 0.634. The first-order valence-electron chi connectivity index (χ1n) is 6.27. The van der Waals surface area contributed by atoms with Gasteiger partial charge < -0.3 is 5.32 Å². The maximum Gasteiger partial charge on any atom is 0.137 e. The second kappa shape index (κ2) is 5.49. The van der Waals surface area contributed by atoms with Gasteiger partial charge in [0.25, 0.3) is 0 Å². The minimum Gasteiger partial charge on any atom is -0.307 e. The van der Waals surface area contributed by atoms with Crippen molar-refractivity contribution in [2.24, 2.45) is 5.92 Å². The molecule has 3 atom stereocenters. The highest BCUT2D eigenvalue weighted by molar-refractivity contribution is 9.10. The van der Waals surface area contributed by atoms with Crippen LogP contribution >= 0.6 is 15.9 Å². The highest BCUT2D eigenvalue weighted by atomic mass is 79.9. The molecule has 1 nitrogen and oxygen atoms in total. The molecule has 1 aromatic carbocycles. The molecule has 1 aliphatic rings. The van der Waals surface area contributed by atoms with Gasteiger partial charge in [-0.05, 0) is 65.7 Å². The molecule has 0 aliphatic heterocycles. The number of rotatable bonds is 3. The minimum absolute atomic E-state index is 0.199. The van der Waals surface area contributed by atoms with Crippen molar-refractivity contribution in [3.05, 3.63) is 34.1 Å². The summed E-state index contributed by atoms with van der Waals surface area (Å²) in [4.78, 5) is 0. The number of hydrogen-bond donors (Lipinski definition) is 1. The zero-order chi connectivity index (χ0) is 12.4. The van der Waals surface area contributed by atoms with Crippen LogP contribution in [0.15, 0.2) is 22.7 Å². The zero-order valence-electron chi connectivity index (χ0n) is 10.3. The van der Waals surface area contributed by atoms with Gasteiger partial charge in [0, 0.05) is 12.1 Å². The molecule has 0 radical (unpaired) electrons.